The number of hydrogen-bond acceptors (Lipinski definition) is 12. The number of hydrogen-bond donors (Lipinski definition) is 6. The van der Waals surface area contributed by atoms with Crippen LogP contribution in [0, 0.1) is 0 Å². The fraction of sp³-hybridized carbons (Fsp3) is 0.412. The van der Waals surface area contributed by atoms with Crippen molar-refractivity contribution in [3.8, 4) is 34.5 Å². The number of ether oxygens (including phenoxy) is 6. The van der Waals surface area contributed by atoms with Gasteiger partial charge in [0.2, 0.25) is 35.4 Å². The number of carbonyl (C=O) groups excluding carboxylic acids is 6. The Kier molecular flexibility index (Phi) is 37.8. The van der Waals surface area contributed by atoms with Gasteiger partial charge in [0.25, 0.3) is 0 Å². The van der Waals surface area contributed by atoms with Crippen LogP contribution in [-0.4, -0.2) is 75.1 Å². The van der Waals surface area contributed by atoms with Gasteiger partial charge in [-0.2, -0.15) is 0 Å². The number of unbranched alkanes of at least 4 members (excludes halogenated alkanes) is 12. The fourth-order valence-corrected chi connectivity index (χ4v) is 15.0. The molecule has 0 aliphatic rings. The Bertz CT molecular complexity index is 3980. The molecule has 0 fully saturated rings. The number of nitrogens with one attached hydrogen (secondary N) is 6. The highest BCUT2D eigenvalue weighted by atomic mass is 16.5. The van der Waals surface area contributed by atoms with Crippen LogP contribution in [0.25, 0.3) is 32.3 Å². The first-order valence-electron chi connectivity index (χ1n) is 43.9. The molecule has 0 aliphatic heterocycles. The zero-order chi connectivity index (χ0) is 84.5. The second-order valence-corrected chi connectivity index (χ2v) is 31.7. The fourth-order valence-electron chi connectivity index (χ4n) is 15.0. The molecule has 0 bridgehead atoms. The topological polar surface area (TPSA) is 230 Å². The largest absolute Gasteiger partial charge is 0.490 e. The van der Waals surface area contributed by atoms with Crippen molar-refractivity contribution in [1.29, 1.82) is 0 Å². The maximum Gasteiger partial charge on any atom is 0.220 e. The van der Waals surface area contributed by atoms with Crippen molar-refractivity contribution in [3.05, 3.63) is 252 Å². The van der Waals surface area contributed by atoms with Gasteiger partial charge in [-0.05, 0) is 259 Å². The lowest BCUT2D eigenvalue weighted by Gasteiger charge is -2.21. The standard InChI is InChI=1S/C102H126N6O12/c1-73(79-43-19-7-20-44-79)103-97(109)55-31-13-37-61-115-91-67-85-86(68-92(91)116-62-38-14-32-56-98(110)104-74(2)80-45-21-8-22-46-80)88-70-94(118-64-40-16-34-58-100(112)106-76(4)82-49-25-10-26-50-82)96(120-66-42-18-36-60-102(114)108-78(6)84-53-29-12-30-54-84)72-90(88)89-71-95(119-65-41-17-35-59-101(113)107-77(5)83-51-27-11-28-52-83)93(69-87(85)89)117-63-39-15-33-57-99(111)105-75(3)81-47-23-9-24-48-81/h7-12,19-30,43-54,67-78H,13-18,31-42,55-66H2,1-6H3,(H,103,109)(H,104,110)(H,105,111)(H,106,112)(H,107,113)(H,108,114)/t73-,74-,75-,76-,77-,78-/m1/s1. The number of amides is 6. The van der Waals surface area contributed by atoms with Crippen molar-refractivity contribution in [1.82, 2.24) is 31.9 Å². The van der Waals surface area contributed by atoms with E-state index in [9.17, 15) is 28.8 Å². The molecule has 10 aromatic carbocycles. The summed E-state index contributed by atoms with van der Waals surface area (Å²) in [7, 11) is 0. The average Bonchev–Trinajstić information content (AvgIpc) is 0.724. The predicted molar refractivity (Wildman–Crippen MR) is 481 cm³/mol. The molecule has 18 nitrogen and oxygen atoms in total. The third kappa shape index (κ3) is 30.1. The van der Waals surface area contributed by atoms with Crippen molar-refractivity contribution >= 4 is 67.8 Å². The first kappa shape index (κ1) is 90.9. The Morgan fingerprint density at radius 1 is 0.200 bits per heavy atom. The van der Waals surface area contributed by atoms with Crippen molar-refractivity contribution in [2.45, 2.75) is 232 Å². The monoisotopic (exact) mass is 1630 g/mol. The predicted octanol–water partition coefficient (Wildman–Crippen LogP) is 22.0. The lowest BCUT2D eigenvalue weighted by atomic mass is 9.93. The summed E-state index contributed by atoms with van der Waals surface area (Å²) in [5, 5.41) is 24.1. The smallest absolute Gasteiger partial charge is 0.220 e. The Hall–Kier alpha value is -11.4. The molecule has 0 saturated carbocycles. The van der Waals surface area contributed by atoms with Crippen LogP contribution in [0.5, 0.6) is 34.5 Å². The van der Waals surface area contributed by atoms with Crippen molar-refractivity contribution < 1.29 is 57.2 Å². The second-order valence-electron chi connectivity index (χ2n) is 31.7. The van der Waals surface area contributed by atoms with E-state index >= 15 is 0 Å². The van der Waals surface area contributed by atoms with E-state index in [1.54, 1.807) is 0 Å². The average molecular weight is 1630 g/mol. The lowest BCUT2D eigenvalue weighted by Crippen LogP contribution is -2.26. The first-order valence-corrected chi connectivity index (χ1v) is 43.9. The minimum Gasteiger partial charge on any atom is -0.490 e. The van der Waals surface area contributed by atoms with Gasteiger partial charge in [-0.25, -0.2) is 0 Å². The van der Waals surface area contributed by atoms with Crippen LogP contribution < -0.4 is 60.3 Å². The van der Waals surface area contributed by atoms with Gasteiger partial charge in [0.05, 0.1) is 75.9 Å². The molecular formula is C102H126N6O12. The van der Waals surface area contributed by atoms with Gasteiger partial charge in [-0.1, -0.05) is 182 Å². The Balaban J connectivity index is 0.966. The number of fused-ring (bicyclic) bond motifs is 6. The number of carbonyl (C=O) groups is 6. The third-order valence-corrected chi connectivity index (χ3v) is 22.0. The molecule has 0 aliphatic carbocycles. The molecule has 0 spiro atoms. The highest BCUT2D eigenvalue weighted by Crippen LogP contribution is 2.48. The van der Waals surface area contributed by atoms with Crippen LogP contribution in [-0.2, 0) is 28.8 Å². The van der Waals surface area contributed by atoms with Crippen molar-refractivity contribution in [3.63, 3.8) is 0 Å². The van der Waals surface area contributed by atoms with Gasteiger partial charge < -0.3 is 60.3 Å². The SMILES string of the molecule is C[C@@H](NC(=O)CCCCCOc1cc2c3cc(OCCCCCC(=O)N[C@H](C)c4ccccc4)c(OCCCCCC(=O)N[C@H](C)c4ccccc4)cc3c3cc(OCCCCCC(=O)N[C@H](C)c4ccccc4)c(OCCCCCC(=O)N[C@H](C)c4ccccc4)cc3c2cc1OCCCCCC(=O)N[C@H](C)c1ccccc1)c1ccccc1. The molecule has 0 saturated heterocycles. The zero-order valence-corrected chi connectivity index (χ0v) is 71.4. The van der Waals surface area contributed by atoms with Crippen LogP contribution in [0.3, 0.4) is 0 Å². The van der Waals surface area contributed by atoms with Gasteiger partial charge in [-0.15, -0.1) is 0 Å². The summed E-state index contributed by atoms with van der Waals surface area (Å²) in [5.41, 5.74) is 6.29. The molecule has 18 heteroatoms. The molecule has 0 aromatic heterocycles. The first-order chi connectivity index (χ1) is 58.5. The molecule has 0 unspecified atom stereocenters. The lowest BCUT2D eigenvalue weighted by molar-refractivity contribution is -0.122. The molecule has 10 aromatic rings. The molecule has 120 heavy (non-hydrogen) atoms. The summed E-state index contributed by atoms with van der Waals surface area (Å²) < 4.78 is 41.4. The number of rotatable bonds is 54. The van der Waals surface area contributed by atoms with Crippen molar-refractivity contribution in [2.75, 3.05) is 39.6 Å². The van der Waals surface area contributed by atoms with Crippen LogP contribution >= 0.6 is 0 Å². The third-order valence-electron chi connectivity index (χ3n) is 22.0. The van der Waals surface area contributed by atoms with Crippen LogP contribution in [0.1, 0.15) is 265 Å². The van der Waals surface area contributed by atoms with E-state index in [2.05, 4.69) is 68.3 Å². The Morgan fingerprint density at radius 2 is 0.333 bits per heavy atom. The summed E-state index contributed by atoms with van der Waals surface area (Å²) in [6.07, 6.45) is 14.9. The van der Waals surface area contributed by atoms with Gasteiger partial charge >= 0.3 is 0 Å². The van der Waals surface area contributed by atoms with Crippen LogP contribution in [0.15, 0.2) is 218 Å². The van der Waals surface area contributed by atoms with Crippen molar-refractivity contribution in [2.24, 2.45) is 0 Å². The van der Waals surface area contributed by atoms with E-state index in [-0.39, 0.29) is 71.7 Å². The quantitative estimate of drug-likeness (QED) is 0.0154. The molecule has 10 rings (SSSR count). The highest BCUT2D eigenvalue weighted by Gasteiger charge is 2.23. The minimum absolute atomic E-state index is 0.00329. The molecule has 0 radical (unpaired) electrons. The Labute approximate surface area is 710 Å². The van der Waals surface area contributed by atoms with E-state index in [1.807, 2.05) is 224 Å². The normalized spacial score (nSPS) is 12.8. The van der Waals surface area contributed by atoms with Gasteiger partial charge in [0, 0.05) is 38.5 Å². The van der Waals surface area contributed by atoms with Gasteiger partial charge in [0.1, 0.15) is 0 Å². The van der Waals surface area contributed by atoms with Gasteiger partial charge in [-0.3, -0.25) is 28.8 Å². The summed E-state index contributed by atoms with van der Waals surface area (Å²) in [4.78, 5) is 79.6. The zero-order valence-electron chi connectivity index (χ0n) is 71.4. The van der Waals surface area contributed by atoms with Crippen LogP contribution in [0.4, 0.5) is 0 Å². The Morgan fingerprint density at radius 3 is 0.467 bits per heavy atom. The molecule has 6 N–H and O–H groups in total. The van der Waals surface area contributed by atoms with Gasteiger partial charge in [0.15, 0.2) is 34.5 Å². The van der Waals surface area contributed by atoms with E-state index in [0.717, 1.165) is 104 Å². The molecule has 6 atom stereocenters. The molecule has 636 valence electrons. The summed E-state index contributed by atoms with van der Waals surface area (Å²) in [5.74, 6) is 3.25. The van der Waals surface area contributed by atoms with E-state index in [1.165, 1.54) is 0 Å². The maximum absolute atomic E-state index is 13.3. The highest BCUT2D eigenvalue weighted by molar-refractivity contribution is 6.27. The van der Waals surface area contributed by atoms with E-state index in [4.69, 9.17) is 28.4 Å². The molecule has 6 amide bonds. The minimum atomic E-state index is -0.116. The summed E-state index contributed by atoms with van der Waals surface area (Å²) in [6, 6.07) is 71.5. The molecule has 0 heterocycles. The summed E-state index contributed by atoms with van der Waals surface area (Å²) in [6.45, 7) is 14.1. The van der Waals surface area contributed by atoms with E-state index in [0.29, 0.717) is 190 Å². The molecular weight excluding hydrogens is 1500 g/mol. The summed E-state index contributed by atoms with van der Waals surface area (Å²) >= 11 is 0. The number of benzene rings is 10. The van der Waals surface area contributed by atoms with Crippen LogP contribution in [0.2, 0.25) is 0 Å². The second kappa shape index (κ2) is 49.9. The maximum atomic E-state index is 13.3. The van der Waals surface area contributed by atoms with E-state index < -0.39 is 0 Å².